The molecule has 0 aromatic rings. The number of fused-ring (bicyclic) bond motifs is 3. The lowest BCUT2D eigenvalue weighted by Crippen LogP contribution is -2.68. The molecule has 0 saturated carbocycles. The third-order valence-electron chi connectivity index (χ3n) is 14.6. The summed E-state index contributed by atoms with van der Waals surface area (Å²) in [6.45, 7) is 19.6. The van der Waals surface area contributed by atoms with Gasteiger partial charge in [-0.25, -0.2) is 0 Å². The van der Waals surface area contributed by atoms with Crippen molar-refractivity contribution in [3.05, 3.63) is 0 Å². The summed E-state index contributed by atoms with van der Waals surface area (Å²) in [4.78, 5) is 173. The Balaban J connectivity index is 3.04. The second kappa shape index (κ2) is 34.5. The van der Waals surface area contributed by atoms with Crippen molar-refractivity contribution in [3.8, 4) is 0 Å². The van der Waals surface area contributed by atoms with Gasteiger partial charge in [-0.15, -0.1) is 0 Å². The van der Waals surface area contributed by atoms with E-state index in [1.54, 1.807) is 41.5 Å². The van der Waals surface area contributed by atoms with Crippen LogP contribution in [0.4, 0.5) is 0 Å². The maximum Gasteiger partial charge on any atom is 0.248 e. The fourth-order valence-electron chi connectivity index (χ4n) is 9.89. The number of primary amides is 1. The number of amides is 12. The lowest BCUT2D eigenvalue weighted by atomic mass is 9.86. The second-order valence-corrected chi connectivity index (χ2v) is 26.2. The molecule has 32 heteroatoms. The molecule has 32 nitrogen and oxygen atoms in total. The minimum absolute atomic E-state index is 0.0347. The van der Waals surface area contributed by atoms with Crippen LogP contribution in [0.2, 0.25) is 0 Å². The average Bonchev–Trinajstić information content (AvgIpc) is 3.27. The van der Waals surface area contributed by atoms with E-state index in [1.807, 2.05) is 26.1 Å². The van der Waals surface area contributed by atoms with Crippen LogP contribution in [0.15, 0.2) is 4.99 Å². The average molecular weight is 1250 g/mol. The van der Waals surface area contributed by atoms with Gasteiger partial charge < -0.3 is 102 Å². The molecule has 15 atom stereocenters. The topological polar surface area (TPSA) is 535 Å². The Hall–Kier alpha value is -7.29. The highest BCUT2D eigenvalue weighted by molar-refractivity contribution is 6.00. The third kappa shape index (κ3) is 24.7. The first-order chi connectivity index (χ1) is 40.6. The zero-order valence-corrected chi connectivity index (χ0v) is 52.9. The summed E-state index contributed by atoms with van der Waals surface area (Å²) in [7, 11) is 0. The molecule has 500 valence electrons. The van der Waals surface area contributed by atoms with Gasteiger partial charge in [0, 0.05) is 6.54 Å². The van der Waals surface area contributed by atoms with E-state index in [2.05, 4.69) is 58.2 Å². The molecule has 23 N–H and O–H groups in total. The van der Waals surface area contributed by atoms with Crippen LogP contribution >= 0.6 is 0 Å². The predicted molar refractivity (Wildman–Crippen MR) is 320 cm³/mol. The first-order valence-electron chi connectivity index (χ1n) is 29.7. The summed E-state index contributed by atoms with van der Waals surface area (Å²) in [5.74, 6) is -17.0. The zero-order valence-electron chi connectivity index (χ0n) is 52.9. The molecule has 2 saturated heterocycles. The van der Waals surface area contributed by atoms with Crippen molar-refractivity contribution in [2.24, 2.45) is 62.4 Å². The van der Waals surface area contributed by atoms with Crippen LogP contribution in [-0.4, -0.2) is 202 Å². The van der Waals surface area contributed by atoms with Crippen molar-refractivity contribution < 1.29 is 78.0 Å². The summed E-state index contributed by atoms with van der Waals surface area (Å²) < 4.78 is 0. The van der Waals surface area contributed by atoms with Crippen LogP contribution in [-0.2, 0) is 57.5 Å². The molecule has 0 spiro atoms. The number of aliphatic imine (C=N–C) groups is 1. The van der Waals surface area contributed by atoms with E-state index in [0.717, 1.165) is 0 Å². The molecule has 0 aliphatic carbocycles. The van der Waals surface area contributed by atoms with Crippen LogP contribution in [0.5, 0.6) is 0 Å². The molecule has 2 aliphatic heterocycles. The van der Waals surface area contributed by atoms with Gasteiger partial charge in [-0.05, 0) is 73.0 Å². The highest BCUT2D eigenvalue weighted by Gasteiger charge is 2.45. The number of aliphatic hydroxyl groups excluding tert-OH is 4. The Morgan fingerprint density at radius 1 is 0.659 bits per heavy atom. The maximum absolute atomic E-state index is 15.2. The molecule has 2 rings (SSSR count). The molecule has 0 aromatic carbocycles. The lowest BCUT2D eigenvalue weighted by molar-refractivity contribution is -0.140. The molecule has 2 fully saturated rings. The zero-order chi connectivity index (χ0) is 67.5. The van der Waals surface area contributed by atoms with E-state index in [4.69, 9.17) is 22.9 Å². The Labute approximate surface area is 513 Å². The largest absolute Gasteiger partial charge is 0.394 e. The van der Waals surface area contributed by atoms with Crippen molar-refractivity contribution >= 4 is 76.8 Å². The van der Waals surface area contributed by atoms with Crippen LogP contribution in [0, 0.1) is 34.5 Å². The van der Waals surface area contributed by atoms with Crippen molar-refractivity contribution in [2.45, 2.75) is 220 Å². The second-order valence-electron chi connectivity index (χ2n) is 26.2. The third-order valence-corrected chi connectivity index (χ3v) is 14.6. The number of nitrogens with one attached hydrogen (secondary N) is 11. The standard InChI is InChI=1S/C56H100N16O16/c1-14-27-19-33(74)37-49(84)62-22-34(75)67-40(42(77)43(58)78)53(88)66-32(23-73)48(83)68-35(25(4)5)38(71-47(82)31(21-56(11,12)13)65-44(79)28(57)20-55(8,9)10)51(86)72-39(41(76)26(6)7)52(87)64-30(18-24(2)3)46(81)63-29(16-15-17-61-54(59)60)45(80)69-36(27)50(85)70-37/h24-33,35-42,73-74,76-77H,14-23,57H2,1-13H3,(H2,58,78)(H,62,84)(H,63,81)(H,64,87)(H,65,79)(H,66,88)(H,67,75)(H,68,83)(H,69,80)(H,70,85)(H,71,82)(H,72,86)(H4,59,60,61)/t27-,28-,29-,30+,31+,32?,33+,35?,36+,37+,38+,39+,40?,41-,42+/m1/s1. The van der Waals surface area contributed by atoms with Crippen LogP contribution in [0.25, 0.3) is 0 Å². The van der Waals surface area contributed by atoms with Crippen molar-refractivity contribution in [3.63, 3.8) is 0 Å². The number of nitrogens with two attached hydrogens (primary N) is 4. The number of carbonyl (C=O) groups is 12. The van der Waals surface area contributed by atoms with Gasteiger partial charge in [-0.1, -0.05) is 96.4 Å². The van der Waals surface area contributed by atoms with Crippen LogP contribution in [0.3, 0.4) is 0 Å². The van der Waals surface area contributed by atoms with E-state index in [-0.39, 0.29) is 63.4 Å². The van der Waals surface area contributed by atoms with E-state index < -0.39 is 197 Å². The molecular formula is C56H100N16O16. The molecule has 2 heterocycles. The summed E-state index contributed by atoms with van der Waals surface area (Å²) in [5.41, 5.74) is 21.6. The Kier molecular flexibility index (Phi) is 30.1. The fraction of sp³-hybridized carbons (Fsp3) is 0.768. The molecule has 0 aromatic heterocycles. The Morgan fingerprint density at radius 2 is 1.20 bits per heavy atom. The number of rotatable bonds is 19. The number of nitrogens with zero attached hydrogens (tertiary/aromatic N) is 1. The van der Waals surface area contributed by atoms with Crippen molar-refractivity contribution in [2.75, 3.05) is 19.7 Å². The van der Waals surface area contributed by atoms with E-state index in [9.17, 15) is 73.2 Å². The van der Waals surface area contributed by atoms with Gasteiger partial charge in [-0.3, -0.25) is 62.5 Å². The molecule has 88 heavy (non-hydrogen) atoms. The van der Waals surface area contributed by atoms with Crippen LogP contribution < -0.4 is 81.4 Å². The Bertz CT molecular complexity index is 2500. The number of hydrogen-bond donors (Lipinski definition) is 19. The monoisotopic (exact) mass is 1250 g/mol. The van der Waals surface area contributed by atoms with Gasteiger partial charge in [0.25, 0.3) is 0 Å². The normalized spacial score (nSPS) is 27.0. The van der Waals surface area contributed by atoms with Crippen LogP contribution in [0.1, 0.15) is 135 Å². The minimum Gasteiger partial charge on any atom is -0.394 e. The van der Waals surface area contributed by atoms with E-state index in [1.165, 1.54) is 27.7 Å². The minimum atomic E-state index is -2.53. The first kappa shape index (κ1) is 76.8. The smallest absolute Gasteiger partial charge is 0.248 e. The summed E-state index contributed by atoms with van der Waals surface area (Å²) >= 11 is 0. The molecule has 3 unspecified atom stereocenters. The molecule has 12 amide bonds. The van der Waals surface area contributed by atoms with Gasteiger partial charge >= 0.3 is 0 Å². The number of hydrogen-bond acceptors (Lipinski definition) is 18. The SMILES string of the molecule is CC[C@@H]1C[C@H](O)[C@@H]2NC(=O)[C@H]1NC(=O)[C@@H](CCCN=C(N)N)NC(=O)[C@H](CC(C)C)NC(=O)[C@H]([C@H](O)C(C)C)NC(=O)[C@@H](NC(=O)[C@H](CC(C)(C)C)NC(=O)[C@H](N)CC(C)(C)C)C(C(C)C)NC(=O)C(CO)NC(=O)C([C@H](O)C(N)=O)NC(=O)CNC2=O. The number of guanidine groups is 1. The van der Waals surface area contributed by atoms with E-state index >= 15 is 4.79 Å². The molecular weight excluding hydrogens is 1150 g/mol. The Morgan fingerprint density at radius 3 is 1.73 bits per heavy atom. The summed E-state index contributed by atoms with van der Waals surface area (Å²) in [6, 6.07) is -18.7. The highest BCUT2D eigenvalue weighted by Crippen LogP contribution is 2.25. The predicted octanol–water partition coefficient (Wildman–Crippen LogP) is -6.43. The lowest BCUT2D eigenvalue weighted by Gasteiger charge is -2.36. The summed E-state index contributed by atoms with van der Waals surface area (Å²) in [5, 5.41) is 71.3. The van der Waals surface area contributed by atoms with Gasteiger partial charge in [0.05, 0.1) is 37.4 Å². The van der Waals surface area contributed by atoms with Gasteiger partial charge in [0.2, 0.25) is 70.9 Å². The fourth-order valence-corrected chi connectivity index (χ4v) is 9.89. The van der Waals surface area contributed by atoms with Gasteiger partial charge in [0.1, 0.15) is 54.4 Å². The van der Waals surface area contributed by atoms with Crippen molar-refractivity contribution in [1.29, 1.82) is 0 Å². The van der Waals surface area contributed by atoms with E-state index in [0.29, 0.717) is 0 Å². The van der Waals surface area contributed by atoms with Gasteiger partial charge in [-0.2, -0.15) is 0 Å². The number of carbonyl (C=O) groups excluding carboxylic acids is 12. The summed E-state index contributed by atoms with van der Waals surface area (Å²) in [6.07, 6.45) is -6.20. The van der Waals surface area contributed by atoms with Gasteiger partial charge in [0.15, 0.2) is 12.1 Å². The molecule has 2 bridgehead atoms. The van der Waals surface area contributed by atoms with Crippen molar-refractivity contribution in [1.82, 2.24) is 58.5 Å². The first-order valence-corrected chi connectivity index (χ1v) is 29.7. The quantitative estimate of drug-likeness (QED) is 0.0325. The maximum atomic E-state index is 15.2. The molecule has 2 aliphatic rings. The molecule has 0 radical (unpaired) electrons. The highest BCUT2D eigenvalue weighted by atomic mass is 16.3. The number of aliphatic hydroxyl groups is 4.